The van der Waals surface area contributed by atoms with Gasteiger partial charge in [0, 0.05) is 0 Å². The van der Waals surface area contributed by atoms with Crippen LogP contribution in [0.2, 0.25) is 0 Å². The topological polar surface area (TPSA) is 52.6 Å². The first-order valence-corrected chi connectivity index (χ1v) is 4.86. The number of hydrogen-bond acceptors (Lipinski definition) is 4. The van der Waals surface area contributed by atoms with Gasteiger partial charge < -0.3 is 9.47 Å². The van der Waals surface area contributed by atoms with Crippen LogP contribution >= 0.6 is 0 Å². The molecule has 1 saturated carbocycles. The molecule has 3 atom stereocenters. The van der Waals surface area contributed by atoms with Gasteiger partial charge in [-0.05, 0) is 12.3 Å². The van der Waals surface area contributed by atoms with Gasteiger partial charge in [0.1, 0.15) is 0 Å². The zero-order chi connectivity index (χ0) is 11.6. The van der Waals surface area contributed by atoms with E-state index in [0.717, 1.165) is 5.57 Å². The van der Waals surface area contributed by atoms with Gasteiger partial charge in [0.25, 0.3) is 0 Å². The summed E-state index contributed by atoms with van der Waals surface area (Å²) < 4.78 is 9.36. The van der Waals surface area contributed by atoms with Crippen molar-refractivity contribution in [2.24, 2.45) is 17.8 Å². The molecule has 0 amide bonds. The number of carbonyl (C=O) groups is 2. The van der Waals surface area contributed by atoms with Crippen LogP contribution in [0.15, 0.2) is 12.2 Å². The molecule has 4 nitrogen and oxygen atoms in total. The second-order valence-electron chi connectivity index (χ2n) is 3.83. The molecule has 0 aromatic rings. The van der Waals surface area contributed by atoms with Gasteiger partial charge in [0.15, 0.2) is 0 Å². The lowest BCUT2D eigenvalue weighted by atomic mass is 9.90. The summed E-state index contributed by atoms with van der Waals surface area (Å²) in [6, 6.07) is 0. The molecule has 84 valence electrons. The van der Waals surface area contributed by atoms with Crippen molar-refractivity contribution >= 4 is 11.9 Å². The lowest BCUT2D eigenvalue weighted by Crippen LogP contribution is -2.30. The van der Waals surface area contributed by atoms with Gasteiger partial charge in [0.05, 0.1) is 26.1 Å². The molecule has 0 heterocycles. The van der Waals surface area contributed by atoms with Crippen molar-refractivity contribution < 1.29 is 19.1 Å². The molecule has 0 spiro atoms. The summed E-state index contributed by atoms with van der Waals surface area (Å²) in [6.07, 6.45) is 0.508. The number of allylic oxidation sites excluding steroid dienone is 1. The van der Waals surface area contributed by atoms with Crippen molar-refractivity contribution in [1.29, 1.82) is 0 Å². The Labute approximate surface area is 89.2 Å². The van der Waals surface area contributed by atoms with Crippen LogP contribution in [0.5, 0.6) is 0 Å². The van der Waals surface area contributed by atoms with Crippen LogP contribution in [-0.2, 0) is 19.1 Å². The lowest BCUT2D eigenvalue weighted by Gasteiger charge is -2.17. The van der Waals surface area contributed by atoms with E-state index in [1.54, 1.807) is 0 Å². The average Bonchev–Trinajstić information content (AvgIpc) is 2.53. The molecule has 15 heavy (non-hydrogen) atoms. The third-order valence-electron chi connectivity index (χ3n) is 3.08. The van der Waals surface area contributed by atoms with Crippen LogP contribution in [0.4, 0.5) is 0 Å². The zero-order valence-corrected chi connectivity index (χ0v) is 9.28. The first-order valence-electron chi connectivity index (χ1n) is 4.86. The van der Waals surface area contributed by atoms with E-state index in [-0.39, 0.29) is 17.9 Å². The number of rotatable bonds is 2. The van der Waals surface area contributed by atoms with Crippen molar-refractivity contribution in [3.05, 3.63) is 12.2 Å². The monoisotopic (exact) mass is 212 g/mol. The average molecular weight is 212 g/mol. The first-order chi connectivity index (χ1) is 7.02. The van der Waals surface area contributed by atoms with Crippen molar-refractivity contribution in [3.8, 4) is 0 Å². The molecule has 0 radical (unpaired) electrons. The highest BCUT2D eigenvalue weighted by Crippen LogP contribution is 2.41. The minimum absolute atomic E-state index is 0.0263. The largest absolute Gasteiger partial charge is 0.469 e. The zero-order valence-electron chi connectivity index (χ0n) is 9.28. The maximum atomic E-state index is 11.5. The van der Waals surface area contributed by atoms with E-state index >= 15 is 0 Å². The molecule has 0 N–H and O–H groups in total. The molecule has 3 unspecified atom stereocenters. The smallest absolute Gasteiger partial charge is 0.310 e. The molecule has 0 bridgehead atoms. The normalized spacial score (nSPS) is 30.1. The van der Waals surface area contributed by atoms with Crippen LogP contribution in [0.25, 0.3) is 0 Å². The Bertz CT molecular complexity index is 295. The molecule has 0 aliphatic heterocycles. The number of hydrogen-bond donors (Lipinski definition) is 0. The Morgan fingerprint density at radius 2 is 1.80 bits per heavy atom. The summed E-state index contributed by atoms with van der Waals surface area (Å²) in [7, 11) is 2.65. The standard InChI is InChI=1S/C11H16O4/c1-6-5-8(10(12)14-3)9(7(6)2)11(13)15-4/h7-9H,1,5H2,2-4H3. The molecular formula is C11H16O4. The molecule has 0 saturated heterocycles. The van der Waals surface area contributed by atoms with Gasteiger partial charge in [0.2, 0.25) is 0 Å². The van der Waals surface area contributed by atoms with Gasteiger partial charge >= 0.3 is 11.9 Å². The summed E-state index contributed by atoms with van der Waals surface area (Å²) in [5, 5.41) is 0. The molecule has 1 fully saturated rings. The number of carbonyl (C=O) groups excluding carboxylic acids is 2. The fourth-order valence-electron chi connectivity index (χ4n) is 2.08. The molecular weight excluding hydrogens is 196 g/mol. The van der Waals surface area contributed by atoms with Crippen LogP contribution in [-0.4, -0.2) is 26.2 Å². The van der Waals surface area contributed by atoms with Crippen LogP contribution in [0.1, 0.15) is 13.3 Å². The third-order valence-corrected chi connectivity index (χ3v) is 3.08. The molecule has 0 aromatic carbocycles. The summed E-state index contributed by atoms with van der Waals surface area (Å²) >= 11 is 0. The Morgan fingerprint density at radius 1 is 1.27 bits per heavy atom. The first kappa shape index (κ1) is 11.8. The van der Waals surface area contributed by atoms with Crippen molar-refractivity contribution in [2.45, 2.75) is 13.3 Å². The Hall–Kier alpha value is -1.32. The van der Waals surface area contributed by atoms with E-state index in [1.165, 1.54) is 14.2 Å². The van der Waals surface area contributed by atoms with Crippen molar-refractivity contribution in [1.82, 2.24) is 0 Å². The number of esters is 2. The highest BCUT2D eigenvalue weighted by Gasteiger charge is 2.45. The maximum absolute atomic E-state index is 11.5. The van der Waals surface area contributed by atoms with Gasteiger partial charge in [-0.2, -0.15) is 0 Å². The Kier molecular flexibility index (Phi) is 3.50. The van der Waals surface area contributed by atoms with E-state index in [4.69, 9.17) is 0 Å². The molecule has 1 aliphatic rings. The maximum Gasteiger partial charge on any atom is 0.310 e. The molecule has 1 aliphatic carbocycles. The van der Waals surface area contributed by atoms with Gasteiger partial charge in [-0.1, -0.05) is 19.1 Å². The van der Waals surface area contributed by atoms with E-state index in [9.17, 15) is 9.59 Å². The van der Waals surface area contributed by atoms with E-state index in [2.05, 4.69) is 16.1 Å². The number of methoxy groups -OCH3 is 2. The Morgan fingerprint density at radius 3 is 2.27 bits per heavy atom. The molecule has 0 aromatic heterocycles. The third kappa shape index (κ3) is 2.03. The van der Waals surface area contributed by atoms with Gasteiger partial charge in [-0.3, -0.25) is 9.59 Å². The predicted molar refractivity (Wildman–Crippen MR) is 53.9 cm³/mol. The lowest BCUT2D eigenvalue weighted by molar-refractivity contribution is -0.157. The highest BCUT2D eigenvalue weighted by molar-refractivity contribution is 5.84. The van der Waals surface area contributed by atoms with Crippen LogP contribution < -0.4 is 0 Å². The Balaban J connectivity index is 2.91. The highest BCUT2D eigenvalue weighted by atomic mass is 16.5. The van der Waals surface area contributed by atoms with E-state index in [1.807, 2.05) is 6.92 Å². The summed E-state index contributed by atoms with van der Waals surface area (Å²) in [5.41, 5.74) is 0.904. The minimum atomic E-state index is -0.449. The number of ether oxygens (including phenoxy) is 2. The second-order valence-corrected chi connectivity index (χ2v) is 3.83. The summed E-state index contributed by atoms with van der Waals surface area (Å²) in [6.45, 7) is 5.74. The van der Waals surface area contributed by atoms with Gasteiger partial charge in [-0.15, -0.1) is 0 Å². The predicted octanol–water partition coefficient (Wildman–Crippen LogP) is 1.16. The van der Waals surface area contributed by atoms with Crippen LogP contribution in [0, 0.1) is 17.8 Å². The van der Waals surface area contributed by atoms with E-state index < -0.39 is 11.8 Å². The van der Waals surface area contributed by atoms with Crippen molar-refractivity contribution in [3.63, 3.8) is 0 Å². The molecule has 4 heteroatoms. The van der Waals surface area contributed by atoms with Crippen molar-refractivity contribution in [2.75, 3.05) is 14.2 Å². The minimum Gasteiger partial charge on any atom is -0.469 e. The SMILES string of the molecule is C=C1CC(C(=O)OC)C(C(=O)OC)C1C. The fourth-order valence-corrected chi connectivity index (χ4v) is 2.08. The molecule has 1 rings (SSSR count). The van der Waals surface area contributed by atoms with Gasteiger partial charge in [-0.25, -0.2) is 0 Å². The fraction of sp³-hybridized carbons (Fsp3) is 0.636. The summed E-state index contributed by atoms with van der Waals surface area (Å²) in [5.74, 6) is -1.64. The quantitative estimate of drug-likeness (QED) is 0.509. The second kappa shape index (κ2) is 4.47. The summed E-state index contributed by atoms with van der Waals surface area (Å²) in [4.78, 5) is 23.0. The van der Waals surface area contributed by atoms with Crippen LogP contribution in [0.3, 0.4) is 0 Å². The van der Waals surface area contributed by atoms with E-state index in [0.29, 0.717) is 6.42 Å².